The quantitative estimate of drug-likeness (QED) is 0.0130. The molecular formula is C56H74N8O13. The number of carbonyl (C=O) groups excluding carboxylic acids is 4. The van der Waals surface area contributed by atoms with Crippen LogP contribution < -0.4 is 21.6 Å². The molecule has 0 aliphatic rings. The zero-order valence-corrected chi connectivity index (χ0v) is 44.4. The van der Waals surface area contributed by atoms with Crippen molar-refractivity contribution in [2.75, 3.05) is 98.9 Å². The Labute approximate surface area is 449 Å². The van der Waals surface area contributed by atoms with Gasteiger partial charge in [-0.25, -0.2) is 4.79 Å². The van der Waals surface area contributed by atoms with Crippen LogP contribution in [-0.4, -0.2) is 148 Å². The van der Waals surface area contributed by atoms with Crippen LogP contribution in [0.2, 0.25) is 0 Å². The van der Waals surface area contributed by atoms with Crippen LogP contribution in [0.5, 0.6) is 5.75 Å². The second-order valence-corrected chi connectivity index (χ2v) is 18.4. The summed E-state index contributed by atoms with van der Waals surface area (Å²) in [6.07, 6.45) is 2.74. The van der Waals surface area contributed by atoms with Gasteiger partial charge in [-0.3, -0.25) is 14.4 Å². The summed E-state index contributed by atoms with van der Waals surface area (Å²) in [6, 6.07) is 25.9. The van der Waals surface area contributed by atoms with Gasteiger partial charge in [-0.1, -0.05) is 36.9 Å². The number of hydrogen-bond donors (Lipinski definition) is 6. The van der Waals surface area contributed by atoms with Crippen LogP contribution >= 0.6 is 0 Å². The molecule has 0 bridgehead atoms. The number of rotatable bonds is 35. The number of aromatic amines is 1. The number of alkyl carbamates (subject to hydrolysis) is 1. The molecule has 0 unspecified atom stereocenters. The van der Waals surface area contributed by atoms with Crippen molar-refractivity contribution < 1.29 is 62.5 Å². The van der Waals surface area contributed by atoms with Crippen molar-refractivity contribution in [3.63, 3.8) is 0 Å². The number of amides is 4. The maximum absolute atomic E-state index is 13.0. The fraction of sp³-hybridized carbons (Fsp3) is 0.446. The number of carbonyl (C=O) groups is 4. The van der Waals surface area contributed by atoms with E-state index < -0.39 is 17.6 Å². The molecule has 1 heterocycles. The van der Waals surface area contributed by atoms with Gasteiger partial charge in [0.2, 0.25) is 11.5 Å². The van der Waals surface area contributed by atoms with E-state index in [0.717, 1.165) is 35.9 Å². The number of ether oxygens (including phenoxy) is 7. The van der Waals surface area contributed by atoms with Gasteiger partial charge in [-0.05, 0) is 113 Å². The summed E-state index contributed by atoms with van der Waals surface area (Å²) >= 11 is 0. The van der Waals surface area contributed by atoms with Crippen molar-refractivity contribution in [1.29, 1.82) is 0 Å². The second kappa shape index (κ2) is 33.7. The van der Waals surface area contributed by atoms with Gasteiger partial charge < -0.3 is 68.9 Å². The van der Waals surface area contributed by atoms with Gasteiger partial charge in [-0.15, -0.1) is 5.11 Å². The highest BCUT2D eigenvalue weighted by Gasteiger charge is 2.16. The molecule has 416 valence electrons. The van der Waals surface area contributed by atoms with Crippen molar-refractivity contribution >= 4 is 52.0 Å². The summed E-state index contributed by atoms with van der Waals surface area (Å²) < 4.78 is 40.5. The number of imidazole rings is 1. The van der Waals surface area contributed by atoms with Gasteiger partial charge in [0.25, 0.3) is 11.8 Å². The van der Waals surface area contributed by atoms with Gasteiger partial charge in [0.1, 0.15) is 22.8 Å². The number of phenols is 1. The van der Waals surface area contributed by atoms with Crippen LogP contribution in [-0.2, 0) is 50.9 Å². The highest BCUT2D eigenvalue weighted by Crippen LogP contribution is 2.29. The molecule has 0 spiro atoms. The number of aliphatic hydroxyl groups is 1. The van der Waals surface area contributed by atoms with E-state index >= 15 is 0 Å². The Balaban J connectivity index is 0.776. The zero-order valence-electron chi connectivity index (χ0n) is 44.4. The molecule has 0 aliphatic heterocycles. The van der Waals surface area contributed by atoms with Crippen LogP contribution in [0.4, 0.5) is 16.2 Å². The Bertz CT molecular complexity index is 2730. The molecule has 0 aliphatic carbocycles. The van der Waals surface area contributed by atoms with Gasteiger partial charge >= 0.3 is 6.09 Å². The molecule has 5 rings (SSSR count). The van der Waals surface area contributed by atoms with Crippen LogP contribution in [0, 0.1) is 0 Å². The molecule has 5 aromatic rings. The fourth-order valence-corrected chi connectivity index (χ4v) is 7.24. The van der Waals surface area contributed by atoms with Crippen molar-refractivity contribution in [2.24, 2.45) is 15.2 Å². The first-order valence-corrected chi connectivity index (χ1v) is 25.8. The zero-order chi connectivity index (χ0) is 55.1. The number of benzene rings is 4. The summed E-state index contributed by atoms with van der Waals surface area (Å²) in [4.78, 5) is 57.4. The monoisotopic (exact) mass is 1070 g/mol. The Morgan fingerprint density at radius 1 is 0.636 bits per heavy atom. The maximum atomic E-state index is 13.0. The average molecular weight is 1070 g/mol. The standard InChI is InChI=1S/C56H74N8O13/c1-41(65)44-11-10-12-45(40-44)53(69)61-54-60-47-13-6-7-14-49(47)64(54)26-9-5-8-23-57-51(67)22-27-71-29-31-73-33-35-75-37-38-76-36-34-74-32-30-72-28-25-58-52(68)43-16-18-46(19-17-43)62-63-48-39-42(15-20-50(48)66)21-24-59-55(70)77-56(2,3)4/h6-7,10-20,39-40,65-66H,1,5,8-9,21-38H2,2-4H3,(H,57,67)(H,58,68)(H,59,70)(H,60,61,69)/b63-62+. The van der Waals surface area contributed by atoms with Gasteiger partial charge in [-0.2, -0.15) is 10.1 Å². The summed E-state index contributed by atoms with van der Waals surface area (Å²) in [5, 5.41) is 36.8. The van der Waals surface area contributed by atoms with Crippen molar-refractivity contribution in [1.82, 2.24) is 25.5 Å². The first-order valence-electron chi connectivity index (χ1n) is 25.8. The van der Waals surface area contributed by atoms with E-state index in [-0.39, 0.29) is 35.4 Å². The van der Waals surface area contributed by atoms with Gasteiger partial charge in [0, 0.05) is 49.3 Å². The summed E-state index contributed by atoms with van der Waals surface area (Å²) in [6.45, 7) is 15.4. The van der Waals surface area contributed by atoms with Crippen molar-refractivity contribution in [3.05, 3.63) is 125 Å². The van der Waals surface area contributed by atoms with E-state index in [1.807, 2.05) is 28.8 Å². The molecule has 21 heteroatoms. The van der Waals surface area contributed by atoms with E-state index in [0.29, 0.717) is 140 Å². The number of para-hydroxylation sites is 2. The Morgan fingerprint density at radius 3 is 1.94 bits per heavy atom. The molecule has 0 fully saturated rings. The lowest BCUT2D eigenvalue weighted by Crippen LogP contribution is -2.33. The van der Waals surface area contributed by atoms with Crippen molar-refractivity contribution in [3.8, 4) is 5.75 Å². The number of nitrogens with one attached hydrogen (secondary N) is 4. The number of aliphatic hydroxyl groups excluding tert-OH is 1. The third-order valence-corrected chi connectivity index (χ3v) is 11.1. The minimum Gasteiger partial charge on any atom is -0.508 e. The SMILES string of the molecule is C=C(O)c1cccc(C(=O)/N=c2\[nH]c3ccccc3n2CCCCCNC(=O)CCOCCOCCOCCOCCOCCOCCNC(=O)c2ccc(/N=N/c3cc(CCNC(=O)OC(C)(C)C)ccc3O)cc2)c1. The molecule has 0 saturated carbocycles. The number of aromatic nitrogens is 2. The average Bonchev–Trinajstić information content (AvgIpc) is 3.76. The molecule has 0 saturated heterocycles. The minimum atomic E-state index is -0.586. The van der Waals surface area contributed by atoms with E-state index in [4.69, 9.17) is 33.2 Å². The highest BCUT2D eigenvalue weighted by molar-refractivity contribution is 5.96. The van der Waals surface area contributed by atoms with E-state index in [1.165, 1.54) is 6.07 Å². The fourth-order valence-electron chi connectivity index (χ4n) is 7.24. The predicted octanol–water partition coefficient (Wildman–Crippen LogP) is 7.63. The molecule has 6 N–H and O–H groups in total. The molecule has 4 aromatic carbocycles. The molecule has 21 nitrogen and oxygen atoms in total. The molecular weight excluding hydrogens is 993 g/mol. The van der Waals surface area contributed by atoms with Crippen LogP contribution in [0.25, 0.3) is 16.8 Å². The number of azo groups is 1. The van der Waals surface area contributed by atoms with E-state index in [1.54, 1.807) is 81.4 Å². The number of hydrogen-bond acceptors (Lipinski definition) is 15. The molecule has 1 aromatic heterocycles. The number of nitrogens with zero attached hydrogens (tertiary/aromatic N) is 4. The summed E-state index contributed by atoms with van der Waals surface area (Å²) in [5.74, 6) is -0.923. The summed E-state index contributed by atoms with van der Waals surface area (Å²) in [5.41, 5.74) is 4.52. The number of aryl methyl sites for hydroxylation is 1. The largest absolute Gasteiger partial charge is 0.508 e. The lowest BCUT2D eigenvalue weighted by atomic mass is 10.1. The van der Waals surface area contributed by atoms with Gasteiger partial charge in [0.15, 0.2) is 0 Å². The predicted molar refractivity (Wildman–Crippen MR) is 290 cm³/mol. The first kappa shape index (κ1) is 60.6. The molecule has 0 atom stereocenters. The molecule has 77 heavy (non-hydrogen) atoms. The Morgan fingerprint density at radius 2 is 1.27 bits per heavy atom. The topological polar surface area (TPSA) is 267 Å². The first-order chi connectivity index (χ1) is 37.3. The van der Waals surface area contributed by atoms with Crippen molar-refractivity contribution in [2.45, 2.75) is 65.0 Å². The van der Waals surface area contributed by atoms with Crippen LogP contribution in [0.1, 0.15) is 78.3 Å². The minimum absolute atomic E-state index is 0.0364. The molecule has 4 amide bonds. The summed E-state index contributed by atoms with van der Waals surface area (Å²) in [7, 11) is 0. The number of fused-ring (bicyclic) bond motifs is 1. The van der Waals surface area contributed by atoms with Gasteiger partial charge in [0.05, 0.1) is 96.0 Å². The second-order valence-electron chi connectivity index (χ2n) is 18.4. The van der Waals surface area contributed by atoms with E-state index in [9.17, 15) is 29.4 Å². The van der Waals surface area contributed by atoms with E-state index in [2.05, 4.69) is 42.7 Å². The number of phenolic OH excluding ortho intramolecular Hbond substituents is 1. The highest BCUT2D eigenvalue weighted by atomic mass is 16.6. The maximum Gasteiger partial charge on any atom is 0.407 e. The third-order valence-electron chi connectivity index (χ3n) is 11.1. The van der Waals surface area contributed by atoms with Crippen LogP contribution in [0.15, 0.2) is 113 Å². The normalized spacial score (nSPS) is 11.8. The smallest absolute Gasteiger partial charge is 0.407 e. The Hall–Kier alpha value is -7.27. The number of H-pyrrole nitrogens is 1. The lowest BCUT2D eigenvalue weighted by molar-refractivity contribution is -0.122. The number of aromatic hydroxyl groups is 1. The number of unbranched alkanes of at least 4 members (excludes halogenated alkanes) is 2. The lowest BCUT2D eigenvalue weighted by Gasteiger charge is -2.19. The molecule has 0 radical (unpaired) electrons. The van der Waals surface area contributed by atoms with Crippen LogP contribution in [0.3, 0.4) is 0 Å². The Kier molecular flexibility index (Phi) is 26.5. The third kappa shape index (κ3) is 23.7.